The Morgan fingerprint density at radius 2 is 2.18 bits per heavy atom. The molecular formula is C14H11FN2O4S. The third-order valence-corrected chi connectivity index (χ3v) is 3.14. The molecule has 0 spiro atoms. The average molecular weight is 322 g/mol. The maximum atomic E-state index is 13.5. The van der Waals surface area contributed by atoms with Gasteiger partial charge in [-0.25, -0.2) is 14.2 Å². The summed E-state index contributed by atoms with van der Waals surface area (Å²) in [6.07, 6.45) is 2.24. The molecule has 1 aromatic carbocycles. The van der Waals surface area contributed by atoms with Crippen LogP contribution in [0.25, 0.3) is 0 Å². The molecule has 0 aromatic heterocycles. The molecule has 0 radical (unpaired) electrons. The van der Waals surface area contributed by atoms with Gasteiger partial charge in [-0.2, -0.15) is 0 Å². The van der Waals surface area contributed by atoms with Crippen molar-refractivity contribution < 1.29 is 23.5 Å². The Bertz CT molecular complexity index is 713. The summed E-state index contributed by atoms with van der Waals surface area (Å²) in [6.45, 7) is 0. The maximum Gasteiger partial charge on any atom is 0.374 e. The smallest absolute Gasteiger partial charge is 0.374 e. The van der Waals surface area contributed by atoms with Crippen molar-refractivity contribution in [3.8, 4) is 0 Å². The third kappa shape index (κ3) is 3.95. The molecule has 0 unspecified atom stereocenters. The number of carbonyl (C=O) groups excluding carboxylic acids is 2. The van der Waals surface area contributed by atoms with Gasteiger partial charge in [0.15, 0.2) is 5.09 Å². The number of halogens is 1. The van der Waals surface area contributed by atoms with Crippen LogP contribution in [0, 0.1) is 5.82 Å². The molecule has 114 valence electrons. The van der Waals surface area contributed by atoms with E-state index in [9.17, 15) is 14.0 Å². The summed E-state index contributed by atoms with van der Waals surface area (Å²) in [5, 5.41) is -0.373. The largest absolute Gasteiger partial charge is 0.463 e. The fourth-order valence-corrected chi connectivity index (χ4v) is 2.16. The predicted octanol–water partition coefficient (Wildman–Crippen LogP) is 2.00. The normalized spacial score (nSPS) is 17.0. The van der Waals surface area contributed by atoms with Crippen LogP contribution in [0.5, 0.6) is 0 Å². The summed E-state index contributed by atoms with van der Waals surface area (Å²) in [6, 6.07) is 5.82. The third-order valence-electron chi connectivity index (χ3n) is 2.41. The van der Waals surface area contributed by atoms with Gasteiger partial charge in [-0.3, -0.25) is 4.79 Å². The molecule has 0 saturated heterocycles. The van der Waals surface area contributed by atoms with Gasteiger partial charge in [0.05, 0.1) is 7.11 Å². The molecule has 2 N–H and O–H groups in total. The van der Waals surface area contributed by atoms with Crippen LogP contribution in [0.1, 0.15) is 0 Å². The van der Waals surface area contributed by atoms with Crippen LogP contribution in [0.2, 0.25) is 0 Å². The first-order chi connectivity index (χ1) is 10.5. The quantitative estimate of drug-likeness (QED) is 0.520. The molecule has 0 atom stereocenters. The number of rotatable bonds is 3. The van der Waals surface area contributed by atoms with Crippen molar-refractivity contribution in [2.24, 2.45) is 10.7 Å². The summed E-state index contributed by atoms with van der Waals surface area (Å²) < 4.78 is 23.1. The van der Waals surface area contributed by atoms with Gasteiger partial charge in [-0.05, 0) is 23.9 Å². The van der Waals surface area contributed by atoms with E-state index in [2.05, 4.69) is 9.73 Å². The Hall–Kier alpha value is -2.61. The van der Waals surface area contributed by atoms with E-state index in [-0.39, 0.29) is 22.4 Å². The number of hydrogen-bond acceptors (Lipinski definition) is 6. The fourth-order valence-electron chi connectivity index (χ4n) is 1.49. The molecule has 8 heteroatoms. The highest BCUT2D eigenvalue weighted by Gasteiger charge is 2.23. The van der Waals surface area contributed by atoms with Crippen molar-refractivity contribution in [1.82, 2.24) is 0 Å². The van der Waals surface area contributed by atoms with Crippen LogP contribution in [0.3, 0.4) is 0 Å². The van der Waals surface area contributed by atoms with Crippen LogP contribution in [-0.2, 0) is 19.1 Å². The molecule has 1 aliphatic rings. The molecule has 6 nitrogen and oxygen atoms in total. The number of thioether (sulfide) groups is 1. The molecule has 0 bridgehead atoms. The molecule has 0 saturated carbocycles. The van der Waals surface area contributed by atoms with Gasteiger partial charge in [0.25, 0.3) is 0 Å². The molecule has 1 aromatic rings. The summed E-state index contributed by atoms with van der Waals surface area (Å²) in [5.74, 6) is -1.65. The zero-order valence-corrected chi connectivity index (χ0v) is 12.2. The standard InChI is InChI=1S/C14H11FN2O4S/c1-20-14(19)10-6-12(18)22-13(21-10)7-11(16)17-9-5-3-2-4-8(9)15/h2-7H,1H3,(H2,16,17)/b13-7-. The van der Waals surface area contributed by atoms with E-state index in [4.69, 9.17) is 10.5 Å². The number of benzene rings is 1. The van der Waals surface area contributed by atoms with E-state index in [0.29, 0.717) is 0 Å². The predicted molar refractivity (Wildman–Crippen MR) is 79.5 cm³/mol. The van der Waals surface area contributed by atoms with Crippen LogP contribution in [0.4, 0.5) is 10.1 Å². The second-order valence-corrected chi connectivity index (χ2v) is 4.98. The molecule has 0 fully saturated rings. The van der Waals surface area contributed by atoms with Crippen molar-refractivity contribution in [3.05, 3.63) is 53.1 Å². The molecule has 2 rings (SSSR count). The minimum atomic E-state index is -0.788. The topological polar surface area (TPSA) is 91.0 Å². The van der Waals surface area contributed by atoms with Gasteiger partial charge in [0.1, 0.15) is 17.3 Å². The van der Waals surface area contributed by atoms with Gasteiger partial charge >= 0.3 is 5.97 Å². The summed E-state index contributed by atoms with van der Waals surface area (Å²) in [7, 11) is 1.16. The first-order valence-corrected chi connectivity index (χ1v) is 6.81. The van der Waals surface area contributed by atoms with Crippen molar-refractivity contribution >= 4 is 34.4 Å². The number of para-hydroxylation sites is 1. The lowest BCUT2D eigenvalue weighted by molar-refractivity contribution is -0.139. The molecule has 22 heavy (non-hydrogen) atoms. The van der Waals surface area contributed by atoms with Crippen molar-refractivity contribution in [2.45, 2.75) is 0 Å². The number of hydrogen-bond donors (Lipinski definition) is 1. The average Bonchev–Trinajstić information content (AvgIpc) is 2.48. The molecule has 1 heterocycles. The van der Waals surface area contributed by atoms with Crippen LogP contribution >= 0.6 is 11.8 Å². The lowest BCUT2D eigenvalue weighted by Gasteiger charge is -2.14. The van der Waals surface area contributed by atoms with E-state index < -0.39 is 16.9 Å². The number of carbonyl (C=O) groups is 2. The molecule has 0 aliphatic carbocycles. The Balaban J connectivity index is 2.22. The van der Waals surface area contributed by atoms with Crippen LogP contribution < -0.4 is 5.73 Å². The molecular weight excluding hydrogens is 311 g/mol. The first-order valence-electron chi connectivity index (χ1n) is 5.99. The number of nitrogens with two attached hydrogens (primary N) is 1. The Kier molecular flexibility index (Phi) is 4.95. The minimum Gasteiger partial charge on any atom is -0.463 e. The van der Waals surface area contributed by atoms with Crippen molar-refractivity contribution in [2.75, 3.05) is 7.11 Å². The SMILES string of the molecule is COC(=O)C1=CC(=O)S/C(=C\C(N)=Nc2ccccc2F)O1. The Morgan fingerprint density at radius 3 is 2.86 bits per heavy atom. The second kappa shape index (κ2) is 6.90. The maximum absolute atomic E-state index is 13.5. The minimum absolute atomic E-state index is 0.0467. The lowest BCUT2D eigenvalue weighted by atomic mass is 10.3. The van der Waals surface area contributed by atoms with E-state index >= 15 is 0 Å². The number of amidine groups is 1. The summed E-state index contributed by atoms with van der Waals surface area (Å²) in [4.78, 5) is 26.8. The van der Waals surface area contributed by atoms with Crippen LogP contribution in [-0.4, -0.2) is 24.0 Å². The lowest BCUT2D eigenvalue weighted by Crippen LogP contribution is -2.15. The van der Waals surface area contributed by atoms with Gasteiger partial charge in [0, 0.05) is 12.2 Å². The highest BCUT2D eigenvalue weighted by Crippen LogP contribution is 2.28. The van der Waals surface area contributed by atoms with E-state index in [0.717, 1.165) is 24.9 Å². The van der Waals surface area contributed by atoms with Gasteiger partial charge in [0.2, 0.25) is 10.9 Å². The zero-order chi connectivity index (χ0) is 16.1. The van der Waals surface area contributed by atoms with Crippen LogP contribution in [0.15, 0.2) is 52.3 Å². The number of ether oxygens (including phenoxy) is 2. The highest BCUT2D eigenvalue weighted by molar-refractivity contribution is 8.17. The number of aliphatic imine (C=N–C) groups is 1. The number of nitrogens with zero attached hydrogens (tertiary/aromatic N) is 1. The molecule has 1 aliphatic heterocycles. The zero-order valence-electron chi connectivity index (χ0n) is 11.4. The monoisotopic (exact) mass is 322 g/mol. The Labute approximate surface area is 129 Å². The molecule has 0 amide bonds. The summed E-state index contributed by atoms with van der Waals surface area (Å²) in [5.41, 5.74) is 5.72. The second-order valence-electron chi connectivity index (χ2n) is 3.97. The van der Waals surface area contributed by atoms with Crippen molar-refractivity contribution in [1.29, 1.82) is 0 Å². The highest BCUT2D eigenvalue weighted by atomic mass is 32.2. The Morgan fingerprint density at radius 1 is 1.45 bits per heavy atom. The number of methoxy groups -OCH3 is 1. The first kappa shape index (κ1) is 15.8. The van der Waals surface area contributed by atoms with E-state index in [1.807, 2.05) is 0 Å². The summed E-state index contributed by atoms with van der Waals surface area (Å²) >= 11 is 0.722. The van der Waals surface area contributed by atoms with E-state index in [1.54, 1.807) is 6.07 Å². The fraction of sp³-hybridized carbons (Fsp3) is 0.0714. The van der Waals surface area contributed by atoms with Gasteiger partial charge in [-0.15, -0.1) is 0 Å². The van der Waals surface area contributed by atoms with Gasteiger partial charge in [-0.1, -0.05) is 12.1 Å². The van der Waals surface area contributed by atoms with Gasteiger partial charge < -0.3 is 15.2 Å². The van der Waals surface area contributed by atoms with Crippen molar-refractivity contribution in [3.63, 3.8) is 0 Å². The van der Waals surface area contributed by atoms with E-state index in [1.165, 1.54) is 24.3 Å². The number of esters is 1.